The molecule has 1 aromatic carbocycles. The van der Waals surface area contributed by atoms with Crippen LogP contribution in [0.15, 0.2) is 34.9 Å². The predicted octanol–water partition coefficient (Wildman–Crippen LogP) is 3.40. The lowest BCUT2D eigenvalue weighted by molar-refractivity contribution is -0.112. The molecule has 1 aromatic rings. The van der Waals surface area contributed by atoms with Crippen molar-refractivity contribution in [2.45, 2.75) is 27.2 Å². The van der Waals surface area contributed by atoms with Crippen LogP contribution in [0.2, 0.25) is 0 Å². The molecular formula is C18H24N2O3S. The summed E-state index contributed by atoms with van der Waals surface area (Å²) in [5, 5.41) is 5.73. The minimum Gasteiger partial charge on any atom is -0.496 e. The maximum atomic E-state index is 12.3. The molecule has 0 unspecified atom stereocenters. The number of ether oxygens (including phenoxy) is 1. The van der Waals surface area contributed by atoms with Crippen LogP contribution in [0.3, 0.4) is 0 Å². The summed E-state index contributed by atoms with van der Waals surface area (Å²) >= 11 is 1.50. The Balaban J connectivity index is 1.92. The van der Waals surface area contributed by atoms with Crippen LogP contribution in [0.25, 0.3) is 0 Å². The molecule has 2 amide bonds. The predicted molar refractivity (Wildman–Crippen MR) is 98.0 cm³/mol. The van der Waals surface area contributed by atoms with E-state index in [-0.39, 0.29) is 11.8 Å². The van der Waals surface area contributed by atoms with Gasteiger partial charge in [0.15, 0.2) is 0 Å². The number of thioether (sulfide) groups is 1. The molecule has 1 heterocycles. The number of rotatable bonds is 6. The lowest BCUT2D eigenvalue weighted by Crippen LogP contribution is -2.25. The first-order valence-corrected chi connectivity index (χ1v) is 9.12. The van der Waals surface area contributed by atoms with Crippen molar-refractivity contribution in [3.63, 3.8) is 0 Å². The monoisotopic (exact) mass is 348 g/mol. The number of amides is 2. The number of benzene rings is 1. The van der Waals surface area contributed by atoms with Crippen molar-refractivity contribution in [3.8, 4) is 0 Å². The minimum absolute atomic E-state index is 0.0942. The van der Waals surface area contributed by atoms with E-state index in [0.717, 1.165) is 12.2 Å². The number of hydrogen-bond donors (Lipinski definition) is 2. The molecule has 1 aliphatic rings. The first kappa shape index (κ1) is 18.4. The number of nitrogens with one attached hydrogen (secondary N) is 2. The zero-order valence-electron chi connectivity index (χ0n) is 14.3. The van der Waals surface area contributed by atoms with Crippen molar-refractivity contribution >= 4 is 29.3 Å². The molecule has 0 saturated carbocycles. The second-order valence-electron chi connectivity index (χ2n) is 6.05. The highest BCUT2D eigenvalue weighted by atomic mass is 32.2. The van der Waals surface area contributed by atoms with Gasteiger partial charge in [-0.05, 0) is 43.5 Å². The molecule has 1 aliphatic heterocycles. The van der Waals surface area contributed by atoms with Gasteiger partial charge in [0.05, 0.1) is 6.61 Å². The van der Waals surface area contributed by atoms with E-state index in [0.29, 0.717) is 41.0 Å². The summed E-state index contributed by atoms with van der Waals surface area (Å²) < 4.78 is 5.40. The molecule has 2 N–H and O–H groups in total. The Labute approximate surface area is 147 Å². The van der Waals surface area contributed by atoms with Crippen molar-refractivity contribution in [3.05, 3.63) is 40.5 Å². The lowest BCUT2D eigenvalue weighted by atomic mass is 10.1. The normalized spacial score (nSPS) is 14.3. The van der Waals surface area contributed by atoms with E-state index in [9.17, 15) is 9.59 Å². The van der Waals surface area contributed by atoms with Gasteiger partial charge in [-0.2, -0.15) is 0 Å². The third kappa shape index (κ3) is 5.30. The van der Waals surface area contributed by atoms with E-state index in [1.54, 1.807) is 31.2 Å². The molecule has 0 radical (unpaired) electrons. The molecule has 24 heavy (non-hydrogen) atoms. The van der Waals surface area contributed by atoms with Crippen LogP contribution in [0.5, 0.6) is 0 Å². The maximum absolute atomic E-state index is 12.3. The van der Waals surface area contributed by atoms with Crippen molar-refractivity contribution < 1.29 is 14.3 Å². The summed E-state index contributed by atoms with van der Waals surface area (Å²) in [7, 11) is 0. The summed E-state index contributed by atoms with van der Waals surface area (Å²) in [6.45, 7) is 7.34. The molecule has 0 saturated heterocycles. The SMILES string of the molecule is CC1=C(C(=O)Nc2ccc(C(=O)NCCC(C)C)cc2)SCCO1. The highest BCUT2D eigenvalue weighted by Crippen LogP contribution is 2.26. The van der Waals surface area contributed by atoms with Gasteiger partial charge in [0.2, 0.25) is 0 Å². The molecule has 6 heteroatoms. The number of carbonyl (C=O) groups excluding carboxylic acids is 2. The fraction of sp³-hybridized carbons (Fsp3) is 0.444. The van der Waals surface area contributed by atoms with Gasteiger partial charge in [-0.15, -0.1) is 11.8 Å². The summed E-state index contributed by atoms with van der Waals surface area (Å²) in [5.74, 6) is 1.72. The molecule has 5 nitrogen and oxygen atoms in total. The molecule has 0 fully saturated rings. The Hall–Kier alpha value is -1.95. The van der Waals surface area contributed by atoms with Gasteiger partial charge >= 0.3 is 0 Å². The van der Waals surface area contributed by atoms with Crippen molar-refractivity contribution in [1.29, 1.82) is 0 Å². The Bertz CT molecular complexity index is 624. The highest BCUT2D eigenvalue weighted by molar-refractivity contribution is 8.04. The smallest absolute Gasteiger partial charge is 0.265 e. The van der Waals surface area contributed by atoms with Crippen LogP contribution in [0, 0.1) is 5.92 Å². The van der Waals surface area contributed by atoms with Crippen LogP contribution in [-0.2, 0) is 9.53 Å². The maximum Gasteiger partial charge on any atom is 0.265 e. The van der Waals surface area contributed by atoms with E-state index in [2.05, 4.69) is 24.5 Å². The minimum atomic E-state index is -0.175. The van der Waals surface area contributed by atoms with Crippen molar-refractivity contribution in [2.75, 3.05) is 24.2 Å². The first-order valence-electron chi connectivity index (χ1n) is 8.13. The van der Waals surface area contributed by atoms with Crippen LogP contribution >= 0.6 is 11.8 Å². The van der Waals surface area contributed by atoms with Gasteiger partial charge in [-0.3, -0.25) is 9.59 Å². The fourth-order valence-corrected chi connectivity index (χ4v) is 3.02. The molecule has 2 rings (SSSR count). The Morgan fingerprint density at radius 3 is 2.54 bits per heavy atom. The molecule has 0 aromatic heterocycles. The molecule has 0 aliphatic carbocycles. The van der Waals surface area contributed by atoms with Gasteiger partial charge in [-0.1, -0.05) is 13.8 Å². The second kappa shape index (κ2) is 8.78. The third-order valence-corrected chi connectivity index (χ3v) is 4.72. The summed E-state index contributed by atoms with van der Waals surface area (Å²) in [5.41, 5.74) is 1.24. The number of carbonyl (C=O) groups is 2. The molecule has 0 bridgehead atoms. The lowest BCUT2D eigenvalue weighted by Gasteiger charge is -2.17. The van der Waals surface area contributed by atoms with E-state index in [1.807, 2.05) is 0 Å². The largest absolute Gasteiger partial charge is 0.496 e. The number of hydrogen-bond acceptors (Lipinski definition) is 4. The van der Waals surface area contributed by atoms with Crippen LogP contribution in [0.4, 0.5) is 5.69 Å². The molecule has 130 valence electrons. The molecular weight excluding hydrogens is 324 g/mol. The van der Waals surface area contributed by atoms with Gasteiger partial charge in [-0.25, -0.2) is 0 Å². The summed E-state index contributed by atoms with van der Waals surface area (Å²) in [6, 6.07) is 6.90. The van der Waals surface area contributed by atoms with Gasteiger partial charge < -0.3 is 15.4 Å². The van der Waals surface area contributed by atoms with E-state index in [1.165, 1.54) is 11.8 Å². The van der Waals surface area contributed by atoms with Gasteiger partial charge in [0, 0.05) is 23.5 Å². The fourth-order valence-electron chi connectivity index (χ4n) is 2.20. The van der Waals surface area contributed by atoms with E-state index < -0.39 is 0 Å². The quantitative estimate of drug-likeness (QED) is 0.827. The average molecular weight is 348 g/mol. The average Bonchev–Trinajstić information content (AvgIpc) is 2.55. The number of allylic oxidation sites excluding steroid dienone is 1. The van der Waals surface area contributed by atoms with E-state index >= 15 is 0 Å². The van der Waals surface area contributed by atoms with Crippen LogP contribution < -0.4 is 10.6 Å². The van der Waals surface area contributed by atoms with Gasteiger partial charge in [0.25, 0.3) is 11.8 Å². The Morgan fingerprint density at radius 2 is 1.92 bits per heavy atom. The first-order chi connectivity index (χ1) is 11.5. The summed E-state index contributed by atoms with van der Waals surface area (Å²) in [6.07, 6.45) is 0.952. The van der Waals surface area contributed by atoms with Crippen LogP contribution in [-0.4, -0.2) is 30.7 Å². The highest BCUT2D eigenvalue weighted by Gasteiger charge is 2.18. The van der Waals surface area contributed by atoms with E-state index in [4.69, 9.17) is 4.74 Å². The zero-order valence-corrected chi connectivity index (χ0v) is 15.2. The van der Waals surface area contributed by atoms with Gasteiger partial charge in [0.1, 0.15) is 10.7 Å². The molecule has 0 spiro atoms. The Morgan fingerprint density at radius 1 is 1.21 bits per heavy atom. The molecule has 0 atom stereocenters. The Kier molecular flexibility index (Phi) is 6.73. The zero-order chi connectivity index (χ0) is 17.5. The topological polar surface area (TPSA) is 67.4 Å². The van der Waals surface area contributed by atoms with Crippen molar-refractivity contribution in [2.24, 2.45) is 5.92 Å². The third-order valence-electron chi connectivity index (χ3n) is 3.59. The van der Waals surface area contributed by atoms with Crippen LogP contribution in [0.1, 0.15) is 37.6 Å². The second-order valence-corrected chi connectivity index (χ2v) is 7.16. The van der Waals surface area contributed by atoms with Crippen molar-refractivity contribution in [1.82, 2.24) is 5.32 Å². The number of anilines is 1. The summed E-state index contributed by atoms with van der Waals surface area (Å²) in [4.78, 5) is 24.9. The standard InChI is InChI=1S/C18H24N2O3S/c1-12(2)8-9-19-17(21)14-4-6-15(7-5-14)20-18(22)16-13(3)23-10-11-24-16/h4-7,12H,8-11H2,1-3H3,(H,19,21)(H,20,22).